The molecule has 0 aliphatic rings. The molecule has 6 heavy (non-hydrogen) atoms. The van der Waals surface area contributed by atoms with E-state index < -0.39 is 0 Å². The maximum atomic E-state index is 4.75. The Hall–Kier alpha value is 0.530. The first-order valence-electron chi connectivity index (χ1n) is 1.74. The molecule has 0 aliphatic heterocycles. The molecule has 1 nitrogen and oxygen atoms in total. The van der Waals surface area contributed by atoms with Crippen LogP contribution in [-0.2, 0) is 25.1 Å². The van der Waals surface area contributed by atoms with Gasteiger partial charge in [0.25, 0.3) is 0 Å². The van der Waals surface area contributed by atoms with Gasteiger partial charge in [0, 0.05) is 15.5 Å². The molecule has 0 fully saturated rings. The van der Waals surface area contributed by atoms with Crippen LogP contribution in [0.4, 0.5) is 0 Å². The summed E-state index contributed by atoms with van der Waals surface area (Å²) in [7, 11) is 1.44. The Morgan fingerprint density at radius 2 is 2.33 bits per heavy atom. The molecule has 0 amide bonds. The van der Waals surface area contributed by atoms with E-state index >= 15 is 0 Å². The second-order valence-electron chi connectivity index (χ2n) is 0.759. The normalized spacial score (nSPS) is 14.3. The van der Waals surface area contributed by atoms with Crippen LogP contribution in [0, 0.1) is 0 Å². The van der Waals surface area contributed by atoms with E-state index in [2.05, 4.69) is 0 Å². The first-order chi connectivity index (χ1) is 2.81. The van der Waals surface area contributed by atoms with Gasteiger partial charge in [-0.1, -0.05) is 6.92 Å². The minimum absolute atomic E-state index is 0.201. The van der Waals surface area contributed by atoms with Crippen molar-refractivity contribution in [2.45, 2.75) is 6.92 Å². The Kier molecular flexibility index (Phi) is 4.04. The van der Waals surface area contributed by atoms with Gasteiger partial charge in [0.15, 0.2) is 0 Å². The van der Waals surface area contributed by atoms with Crippen LogP contribution in [0.3, 0.4) is 0 Å². The Morgan fingerprint density at radius 3 is 2.33 bits per heavy atom. The number of hydrogen-bond acceptors (Lipinski definition) is 2. The van der Waals surface area contributed by atoms with Crippen LogP contribution in [0.15, 0.2) is 0 Å². The highest BCUT2D eigenvalue weighted by Crippen LogP contribution is 1.77. The quantitative estimate of drug-likeness (QED) is 0.534. The van der Waals surface area contributed by atoms with Gasteiger partial charge >= 0.3 is 0 Å². The molecule has 38 valence electrons. The molecule has 0 heterocycles. The van der Waals surface area contributed by atoms with E-state index in [1.54, 1.807) is 7.11 Å². The van der Waals surface area contributed by atoms with Crippen molar-refractivity contribution in [2.75, 3.05) is 12.9 Å². The summed E-state index contributed by atoms with van der Waals surface area (Å²) in [5.74, 6) is 0.950. The summed E-state index contributed by atoms with van der Waals surface area (Å²) < 4.78 is 4.74. The Bertz CT molecular complexity index is 46.8. The van der Waals surface area contributed by atoms with E-state index in [0.717, 1.165) is 5.75 Å². The van der Waals surface area contributed by atoms with Crippen LogP contribution < -0.4 is 0 Å². The SMILES string of the molecule is CCS(=S)OC. The largest absolute Gasteiger partial charge is 0.316 e. The van der Waals surface area contributed by atoms with Crippen LogP contribution in [0.25, 0.3) is 0 Å². The lowest BCUT2D eigenvalue weighted by Gasteiger charge is -1.91. The standard InChI is InChI=1S/C3H8OS2/c1-3-6(5)4-2/h3H2,1-2H3. The zero-order chi connectivity index (χ0) is 4.99. The second kappa shape index (κ2) is 3.71. The summed E-state index contributed by atoms with van der Waals surface area (Å²) in [5, 5.41) is 0. The third kappa shape index (κ3) is 2.75. The van der Waals surface area contributed by atoms with Crippen molar-refractivity contribution in [1.82, 2.24) is 0 Å². The molecule has 0 rings (SSSR count). The van der Waals surface area contributed by atoms with Gasteiger partial charge in [0.05, 0.1) is 7.11 Å². The molecule has 0 saturated heterocycles. The van der Waals surface area contributed by atoms with Crippen molar-refractivity contribution >= 4 is 20.9 Å². The average molecular weight is 124 g/mol. The predicted molar refractivity (Wildman–Crippen MR) is 32.3 cm³/mol. The molecule has 0 radical (unpaired) electrons. The first kappa shape index (κ1) is 6.53. The molecule has 0 aliphatic carbocycles. The van der Waals surface area contributed by atoms with Gasteiger partial charge in [0.2, 0.25) is 0 Å². The van der Waals surface area contributed by atoms with Gasteiger partial charge in [-0.3, -0.25) is 0 Å². The van der Waals surface area contributed by atoms with Crippen molar-refractivity contribution in [3.63, 3.8) is 0 Å². The molecule has 0 aromatic carbocycles. The van der Waals surface area contributed by atoms with Gasteiger partial charge < -0.3 is 4.18 Å². The highest BCUT2D eigenvalue weighted by Gasteiger charge is 1.78. The van der Waals surface area contributed by atoms with Gasteiger partial charge in [-0.05, 0) is 11.2 Å². The zero-order valence-corrected chi connectivity index (χ0v) is 5.56. The molecule has 0 bridgehead atoms. The topological polar surface area (TPSA) is 9.23 Å². The molecular formula is C3H8OS2. The van der Waals surface area contributed by atoms with E-state index in [1.165, 1.54) is 0 Å². The molecule has 0 saturated carbocycles. The summed E-state index contributed by atoms with van der Waals surface area (Å²) >= 11 is 4.75. The molecule has 3 heteroatoms. The molecule has 0 aromatic rings. The molecular weight excluding hydrogens is 116 g/mol. The third-order valence-electron chi connectivity index (χ3n) is 0.422. The Morgan fingerprint density at radius 1 is 1.83 bits per heavy atom. The minimum atomic E-state index is -0.201. The second-order valence-corrected chi connectivity index (χ2v) is 3.39. The molecule has 0 N–H and O–H groups in total. The minimum Gasteiger partial charge on any atom is -0.316 e. The molecule has 1 unspecified atom stereocenters. The van der Waals surface area contributed by atoms with E-state index in [-0.39, 0.29) is 9.74 Å². The van der Waals surface area contributed by atoms with E-state index in [1.807, 2.05) is 6.92 Å². The molecule has 0 aromatic heterocycles. The fourth-order valence-corrected chi connectivity index (χ4v) is 0.354. The fraction of sp³-hybridized carbons (Fsp3) is 1.00. The van der Waals surface area contributed by atoms with Crippen LogP contribution in [0.5, 0.6) is 0 Å². The first-order valence-corrected chi connectivity index (χ1v) is 3.98. The highest BCUT2D eigenvalue weighted by molar-refractivity contribution is 8.26. The lowest BCUT2D eigenvalue weighted by molar-refractivity contribution is 0.484. The third-order valence-corrected chi connectivity index (χ3v) is 2.38. The Balaban J connectivity index is 2.99. The summed E-state index contributed by atoms with van der Waals surface area (Å²) in [4.78, 5) is 0. The van der Waals surface area contributed by atoms with Crippen LogP contribution in [0.1, 0.15) is 6.92 Å². The van der Waals surface area contributed by atoms with Crippen LogP contribution in [-0.4, -0.2) is 12.9 Å². The van der Waals surface area contributed by atoms with E-state index in [4.69, 9.17) is 15.4 Å². The van der Waals surface area contributed by atoms with Crippen molar-refractivity contribution in [3.8, 4) is 0 Å². The summed E-state index contributed by atoms with van der Waals surface area (Å²) in [6.07, 6.45) is 0. The number of rotatable bonds is 2. The number of hydrogen-bond donors (Lipinski definition) is 0. The molecule has 0 spiro atoms. The van der Waals surface area contributed by atoms with Crippen molar-refractivity contribution in [3.05, 3.63) is 0 Å². The van der Waals surface area contributed by atoms with Crippen molar-refractivity contribution in [1.29, 1.82) is 0 Å². The van der Waals surface area contributed by atoms with Crippen LogP contribution >= 0.6 is 0 Å². The van der Waals surface area contributed by atoms with Crippen molar-refractivity contribution in [2.24, 2.45) is 0 Å². The summed E-state index contributed by atoms with van der Waals surface area (Å²) in [6.45, 7) is 2.01. The zero-order valence-electron chi connectivity index (χ0n) is 3.93. The van der Waals surface area contributed by atoms with Gasteiger partial charge in [-0.2, -0.15) is 0 Å². The monoisotopic (exact) mass is 124 g/mol. The predicted octanol–water partition coefficient (Wildman–Crippen LogP) is 0.648. The lowest BCUT2D eigenvalue weighted by atomic mass is 11.0. The van der Waals surface area contributed by atoms with Gasteiger partial charge in [0.1, 0.15) is 0 Å². The highest BCUT2D eigenvalue weighted by atomic mass is 32.8. The van der Waals surface area contributed by atoms with Gasteiger partial charge in [-0.25, -0.2) is 0 Å². The summed E-state index contributed by atoms with van der Waals surface area (Å²) in [5.41, 5.74) is 0. The smallest absolute Gasteiger partial charge is 0.0506 e. The molecule has 1 atom stereocenters. The maximum absolute atomic E-state index is 4.75. The van der Waals surface area contributed by atoms with E-state index in [0.29, 0.717) is 0 Å². The van der Waals surface area contributed by atoms with E-state index in [9.17, 15) is 0 Å². The average Bonchev–Trinajstić information content (AvgIpc) is 1.65. The van der Waals surface area contributed by atoms with Crippen LogP contribution in [0.2, 0.25) is 0 Å². The lowest BCUT2D eigenvalue weighted by Crippen LogP contribution is -1.90. The maximum Gasteiger partial charge on any atom is 0.0506 e. The fourth-order valence-electron chi connectivity index (χ4n) is 0.118. The van der Waals surface area contributed by atoms with Gasteiger partial charge in [-0.15, -0.1) is 0 Å². The van der Waals surface area contributed by atoms with Crippen molar-refractivity contribution < 1.29 is 4.18 Å². The summed E-state index contributed by atoms with van der Waals surface area (Å²) in [6, 6.07) is 0. The Labute approximate surface area is 45.5 Å².